The number of rotatable bonds is 5. The Hall–Kier alpha value is -2.88. The molecule has 188 valence electrons. The Morgan fingerprint density at radius 1 is 1.20 bits per heavy atom. The van der Waals surface area contributed by atoms with Crippen LogP contribution >= 0.6 is 0 Å². The van der Waals surface area contributed by atoms with Crippen LogP contribution in [0, 0.1) is 12.8 Å². The summed E-state index contributed by atoms with van der Waals surface area (Å²) in [5.74, 6) is 0.408. The monoisotopic (exact) mass is 489 g/mol. The minimum absolute atomic E-state index is 0.0575. The summed E-state index contributed by atoms with van der Waals surface area (Å²) in [4.78, 5) is 32.6. The van der Waals surface area contributed by atoms with Gasteiger partial charge in [0.2, 0.25) is 0 Å². The van der Waals surface area contributed by atoms with Crippen LogP contribution in [0.2, 0.25) is 0 Å². The van der Waals surface area contributed by atoms with Crippen molar-refractivity contribution in [1.29, 1.82) is 0 Å². The summed E-state index contributed by atoms with van der Waals surface area (Å²) in [5.41, 5.74) is 2.50. The SMILES string of the molecule is Cc1cc2[nH]c(=O)c3cnn(CC4CCC4)c3c2cc1C(=O)N1CCN(CCC(F)(F)F)[C@@H](C)C1. The van der Waals surface area contributed by atoms with E-state index in [1.165, 1.54) is 6.42 Å². The van der Waals surface area contributed by atoms with Gasteiger partial charge in [-0.1, -0.05) is 6.42 Å². The molecule has 1 N–H and O–H groups in total. The number of halogens is 3. The summed E-state index contributed by atoms with van der Waals surface area (Å²) in [5, 5.41) is 5.77. The Bertz CT molecular complexity index is 1320. The number of aromatic amines is 1. The maximum absolute atomic E-state index is 13.5. The lowest BCUT2D eigenvalue weighted by Gasteiger charge is -2.40. The molecule has 2 aliphatic rings. The highest BCUT2D eigenvalue weighted by Crippen LogP contribution is 2.31. The second-order valence-electron chi connectivity index (χ2n) is 10.1. The molecule has 1 amide bonds. The number of hydrogen-bond donors (Lipinski definition) is 1. The van der Waals surface area contributed by atoms with Gasteiger partial charge in [-0.2, -0.15) is 18.3 Å². The largest absolute Gasteiger partial charge is 0.390 e. The highest BCUT2D eigenvalue weighted by molar-refractivity contribution is 6.07. The van der Waals surface area contributed by atoms with Gasteiger partial charge in [0.1, 0.15) is 0 Å². The lowest BCUT2D eigenvalue weighted by molar-refractivity contribution is -0.140. The van der Waals surface area contributed by atoms with Crippen LogP contribution in [0.1, 0.15) is 48.5 Å². The minimum atomic E-state index is -4.19. The molecule has 1 saturated heterocycles. The van der Waals surface area contributed by atoms with E-state index in [4.69, 9.17) is 0 Å². The normalized spacial score (nSPS) is 20.0. The smallest absolute Gasteiger partial charge is 0.336 e. The first kappa shape index (κ1) is 23.8. The molecular weight excluding hydrogens is 459 g/mol. The first-order valence-corrected chi connectivity index (χ1v) is 12.2. The van der Waals surface area contributed by atoms with Crippen molar-refractivity contribution in [3.8, 4) is 0 Å². The van der Waals surface area contributed by atoms with E-state index < -0.39 is 12.6 Å². The van der Waals surface area contributed by atoms with Gasteiger partial charge in [-0.3, -0.25) is 19.2 Å². The Morgan fingerprint density at radius 2 is 1.97 bits per heavy atom. The summed E-state index contributed by atoms with van der Waals surface area (Å²) in [7, 11) is 0. The number of amides is 1. The number of fused-ring (bicyclic) bond motifs is 3. The van der Waals surface area contributed by atoms with E-state index in [0.29, 0.717) is 42.0 Å². The molecule has 2 fully saturated rings. The van der Waals surface area contributed by atoms with E-state index in [2.05, 4.69) is 10.1 Å². The van der Waals surface area contributed by atoms with Gasteiger partial charge in [0.15, 0.2) is 0 Å². The van der Waals surface area contributed by atoms with Crippen molar-refractivity contribution in [2.24, 2.45) is 5.92 Å². The third kappa shape index (κ3) is 4.68. The van der Waals surface area contributed by atoms with Crippen molar-refractivity contribution < 1.29 is 18.0 Å². The number of alkyl halides is 3. The van der Waals surface area contributed by atoms with Gasteiger partial charge in [-0.15, -0.1) is 0 Å². The number of carbonyl (C=O) groups excluding carboxylic acids is 1. The van der Waals surface area contributed by atoms with Gasteiger partial charge in [0, 0.05) is 49.7 Å². The van der Waals surface area contributed by atoms with Crippen LogP contribution in [0.25, 0.3) is 21.8 Å². The molecule has 0 radical (unpaired) electrons. The van der Waals surface area contributed by atoms with E-state index in [9.17, 15) is 22.8 Å². The highest BCUT2D eigenvalue weighted by Gasteiger charge is 2.32. The molecule has 10 heteroatoms. The molecular formula is C25H30F3N5O2. The fraction of sp³-hybridized carbons (Fsp3) is 0.560. The zero-order valence-electron chi connectivity index (χ0n) is 20.0. The fourth-order valence-corrected chi connectivity index (χ4v) is 5.27. The van der Waals surface area contributed by atoms with E-state index in [0.717, 1.165) is 35.9 Å². The number of carbonyl (C=O) groups is 1. The number of nitrogens with zero attached hydrogens (tertiary/aromatic N) is 4. The predicted molar refractivity (Wildman–Crippen MR) is 128 cm³/mol. The average Bonchev–Trinajstić information content (AvgIpc) is 3.19. The van der Waals surface area contributed by atoms with E-state index in [1.54, 1.807) is 16.0 Å². The molecule has 0 unspecified atom stereocenters. The fourth-order valence-electron chi connectivity index (χ4n) is 5.27. The van der Waals surface area contributed by atoms with Crippen LogP contribution in [-0.2, 0) is 6.54 Å². The Kier molecular flexibility index (Phi) is 6.11. The number of benzene rings is 1. The molecule has 7 nitrogen and oxygen atoms in total. The van der Waals surface area contributed by atoms with Gasteiger partial charge < -0.3 is 9.88 Å². The van der Waals surface area contributed by atoms with Crippen molar-refractivity contribution in [3.63, 3.8) is 0 Å². The first-order chi connectivity index (χ1) is 16.6. The molecule has 1 saturated carbocycles. The van der Waals surface area contributed by atoms with Crippen molar-refractivity contribution in [2.45, 2.75) is 58.3 Å². The van der Waals surface area contributed by atoms with Crippen LogP contribution < -0.4 is 5.56 Å². The summed E-state index contributed by atoms with van der Waals surface area (Å²) in [6.45, 7) is 5.53. The molecule has 0 spiro atoms. The highest BCUT2D eigenvalue weighted by atomic mass is 19.4. The van der Waals surface area contributed by atoms with Crippen molar-refractivity contribution in [1.82, 2.24) is 24.6 Å². The number of piperazine rings is 1. The van der Waals surface area contributed by atoms with Gasteiger partial charge in [-0.05, 0) is 50.3 Å². The zero-order valence-corrected chi connectivity index (χ0v) is 20.0. The molecule has 0 bridgehead atoms. The quantitative estimate of drug-likeness (QED) is 0.586. The molecule has 35 heavy (non-hydrogen) atoms. The van der Waals surface area contributed by atoms with Gasteiger partial charge in [0.25, 0.3) is 11.5 Å². The number of H-pyrrole nitrogens is 1. The second-order valence-corrected chi connectivity index (χ2v) is 10.1. The van der Waals surface area contributed by atoms with Gasteiger partial charge in [-0.25, -0.2) is 0 Å². The number of hydrogen-bond acceptors (Lipinski definition) is 4. The molecule has 3 heterocycles. The second kappa shape index (κ2) is 8.96. The summed E-state index contributed by atoms with van der Waals surface area (Å²) < 4.78 is 39.8. The summed E-state index contributed by atoms with van der Waals surface area (Å²) in [6, 6.07) is 3.50. The Labute approximate surface area is 200 Å². The van der Waals surface area contributed by atoms with Crippen LogP contribution in [0.3, 0.4) is 0 Å². The minimum Gasteiger partial charge on any atom is -0.336 e. The Morgan fingerprint density at radius 3 is 2.63 bits per heavy atom. The zero-order chi connectivity index (χ0) is 24.9. The topological polar surface area (TPSA) is 74.2 Å². The molecule has 1 aliphatic heterocycles. The summed E-state index contributed by atoms with van der Waals surface area (Å²) in [6.07, 6.45) is 0.0709. The van der Waals surface area contributed by atoms with Gasteiger partial charge in [0.05, 0.1) is 29.0 Å². The third-order valence-corrected chi connectivity index (χ3v) is 7.57. The first-order valence-electron chi connectivity index (χ1n) is 12.2. The molecule has 3 aromatic rings. The summed E-state index contributed by atoms with van der Waals surface area (Å²) >= 11 is 0. The number of pyridine rings is 1. The predicted octanol–water partition coefficient (Wildman–Crippen LogP) is 4.09. The lowest BCUT2D eigenvalue weighted by Crippen LogP contribution is -2.54. The molecule has 5 rings (SSSR count). The van der Waals surface area contributed by atoms with Crippen LogP contribution in [0.15, 0.2) is 23.1 Å². The van der Waals surface area contributed by atoms with E-state index in [-0.39, 0.29) is 24.1 Å². The maximum atomic E-state index is 13.5. The third-order valence-electron chi connectivity index (χ3n) is 7.57. The molecule has 1 aromatic carbocycles. The molecule has 1 atom stereocenters. The molecule has 2 aromatic heterocycles. The standard InChI is InChI=1S/C25H30F3N5O2/c1-15-10-21-19(22-20(23(34)30-21)12-29-33(22)14-17-4-3-5-17)11-18(15)24(35)32-9-8-31(16(2)13-32)7-6-25(26,27)28/h10-12,16-17H,3-9,13-14H2,1-2H3,(H,30,34)/t16-/m0/s1. The van der Waals surface area contributed by atoms with Crippen LogP contribution in [0.5, 0.6) is 0 Å². The average molecular weight is 490 g/mol. The maximum Gasteiger partial charge on any atom is 0.390 e. The number of aromatic nitrogens is 3. The lowest BCUT2D eigenvalue weighted by atomic mass is 9.85. The van der Waals surface area contributed by atoms with Crippen molar-refractivity contribution >= 4 is 27.7 Å². The van der Waals surface area contributed by atoms with Crippen LogP contribution in [0.4, 0.5) is 13.2 Å². The van der Waals surface area contributed by atoms with Crippen LogP contribution in [-0.4, -0.2) is 68.9 Å². The van der Waals surface area contributed by atoms with E-state index in [1.807, 2.05) is 30.7 Å². The van der Waals surface area contributed by atoms with Crippen molar-refractivity contribution in [2.75, 3.05) is 26.2 Å². The number of aryl methyl sites for hydroxylation is 1. The van der Waals surface area contributed by atoms with Crippen molar-refractivity contribution in [3.05, 3.63) is 39.8 Å². The van der Waals surface area contributed by atoms with E-state index >= 15 is 0 Å². The molecule has 1 aliphatic carbocycles. The van der Waals surface area contributed by atoms with Gasteiger partial charge >= 0.3 is 6.18 Å². The number of nitrogens with one attached hydrogen (secondary N) is 1. The Balaban J connectivity index is 1.44.